The summed E-state index contributed by atoms with van der Waals surface area (Å²) < 4.78 is 10.9. The first-order valence-corrected chi connectivity index (χ1v) is 9.93. The molecule has 0 spiro atoms. The van der Waals surface area contributed by atoms with Crippen LogP contribution >= 0.6 is 0 Å². The molecule has 0 amide bonds. The summed E-state index contributed by atoms with van der Waals surface area (Å²) in [5.41, 5.74) is 2.22. The maximum atomic E-state index is 12.1. The fraction of sp³-hybridized carbons (Fsp3) is 0.500. The van der Waals surface area contributed by atoms with Crippen LogP contribution in [0.1, 0.15) is 58.2 Å². The van der Waals surface area contributed by atoms with E-state index in [9.17, 15) is 14.9 Å². The molecule has 0 unspecified atom stereocenters. The summed E-state index contributed by atoms with van der Waals surface area (Å²) in [6.45, 7) is 7.99. The van der Waals surface area contributed by atoms with Crippen molar-refractivity contribution in [3.63, 3.8) is 0 Å². The number of nitrogens with one attached hydrogen (secondary N) is 2. The van der Waals surface area contributed by atoms with Gasteiger partial charge in [0.05, 0.1) is 24.9 Å². The fourth-order valence-corrected chi connectivity index (χ4v) is 2.69. The number of rotatable bonds is 10. The van der Waals surface area contributed by atoms with Crippen LogP contribution in [0, 0.1) is 10.1 Å². The molecule has 2 rings (SSSR count). The predicted molar refractivity (Wildman–Crippen MR) is 117 cm³/mol. The lowest BCUT2D eigenvalue weighted by atomic mass is 9.93. The molecule has 2 N–H and O–H groups in total. The standard InChI is InChI=1S/C20H28N6O5/c1-6-7-8-9-31-16-14(26(28)29)10-13(11-15(16)30-5)12-21-24-19-22-18(27)17(23-25-19)20(2,3)4/h10-12H,6-9H2,1-5H3,(H2,22,24,25,27)/b21-12+. The molecule has 0 saturated carbocycles. The van der Waals surface area contributed by atoms with Crippen molar-refractivity contribution in [2.75, 3.05) is 19.1 Å². The number of unbranched alkanes of at least 4 members (excludes halogenated alkanes) is 2. The van der Waals surface area contributed by atoms with Crippen molar-refractivity contribution in [3.05, 3.63) is 43.9 Å². The van der Waals surface area contributed by atoms with Gasteiger partial charge in [0.2, 0.25) is 11.7 Å². The topological polar surface area (TPSA) is 145 Å². The Morgan fingerprint density at radius 1 is 1.29 bits per heavy atom. The highest BCUT2D eigenvalue weighted by Crippen LogP contribution is 2.38. The smallest absolute Gasteiger partial charge is 0.315 e. The van der Waals surface area contributed by atoms with Crippen LogP contribution in [0.2, 0.25) is 0 Å². The van der Waals surface area contributed by atoms with Crippen molar-refractivity contribution < 1.29 is 14.4 Å². The zero-order chi connectivity index (χ0) is 23.0. The number of nitrogens with zero attached hydrogens (tertiary/aromatic N) is 4. The summed E-state index contributed by atoms with van der Waals surface area (Å²) >= 11 is 0. The van der Waals surface area contributed by atoms with E-state index in [1.807, 2.05) is 20.8 Å². The Morgan fingerprint density at radius 2 is 2.03 bits per heavy atom. The second-order valence-corrected chi connectivity index (χ2v) is 7.86. The molecule has 11 heteroatoms. The maximum Gasteiger partial charge on any atom is 0.315 e. The summed E-state index contributed by atoms with van der Waals surface area (Å²) in [5.74, 6) is 0.364. The monoisotopic (exact) mass is 432 g/mol. The number of aromatic amines is 1. The van der Waals surface area contributed by atoms with Gasteiger partial charge in [0.15, 0.2) is 5.75 Å². The summed E-state index contributed by atoms with van der Waals surface area (Å²) in [4.78, 5) is 25.7. The van der Waals surface area contributed by atoms with Crippen molar-refractivity contribution in [2.45, 2.75) is 52.4 Å². The first-order chi connectivity index (χ1) is 14.7. The van der Waals surface area contributed by atoms with Gasteiger partial charge in [0, 0.05) is 17.0 Å². The highest BCUT2D eigenvalue weighted by atomic mass is 16.6. The van der Waals surface area contributed by atoms with Gasteiger partial charge >= 0.3 is 5.69 Å². The van der Waals surface area contributed by atoms with Gasteiger partial charge in [-0.1, -0.05) is 40.5 Å². The van der Waals surface area contributed by atoms with Crippen molar-refractivity contribution in [3.8, 4) is 11.5 Å². The van der Waals surface area contributed by atoms with Crippen molar-refractivity contribution in [2.24, 2.45) is 5.10 Å². The minimum absolute atomic E-state index is 0.0478. The number of nitro groups is 1. The van der Waals surface area contributed by atoms with Gasteiger partial charge in [0.1, 0.15) is 5.69 Å². The normalized spacial score (nSPS) is 11.5. The van der Waals surface area contributed by atoms with E-state index in [1.54, 1.807) is 6.07 Å². The van der Waals surface area contributed by atoms with Gasteiger partial charge in [-0.2, -0.15) is 5.10 Å². The third-order valence-corrected chi connectivity index (χ3v) is 4.26. The van der Waals surface area contributed by atoms with Crippen molar-refractivity contribution in [1.82, 2.24) is 15.2 Å². The largest absolute Gasteiger partial charge is 0.493 e. The Labute approximate surface area is 180 Å². The molecular formula is C20H28N6O5. The Bertz CT molecular complexity index is 997. The lowest BCUT2D eigenvalue weighted by Gasteiger charge is -2.15. The van der Waals surface area contributed by atoms with E-state index in [1.165, 1.54) is 19.4 Å². The molecule has 11 nitrogen and oxygen atoms in total. The predicted octanol–water partition coefficient (Wildman–Crippen LogP) is 3.39. The molecule has 31 heavy (non-hydrogen) atoms. The molecule has 1 aromatic heterocycles. The number of benzene rings is 1. The Morgan fingerprint density at radius 3 is 2.61 bits per heavy atom. The number of hydrogen-bond acceptors (Lipinski definition) is 9. The van der Waals surface area contributed by atoms with E-state index in [0.717, 1.165) is 19.3 Å². The summed E-state index contributed by atoms with van der Waals surface area (Å²) in [7, 11) is 1.41. The molecule has 0 fully saturated rings. The van der Waals surface area contributed by atoms with Gasteiger partial charge < -0.3 is 9.47 Å². The summed E-state index contributed by atoms with van der Waals surface area (Å²) in [5, 5.41) is 23.3. The number of methoxy groups -OCH3 is 1. The van der Waals surface area contributed by atoms with E-state index >= 15 is 0 Å². The van der Waals surface area contributed by atoms with E-state index in [0.29, 0.717) is 17.9 Å². The Balaban J connectivity index is 2.22. The van der Waals surface area contributed by atoms with Crippen LogP contribution in [0.4, 0.5) is 11.6 Å². The van der Waals surface area contributed by atoms with E-state index in [-0.39, 0.29) is 28.7 Å². The van der Waals surface area contributed by atoms with Gasteiger partial charge in [0.25, 0.3) is 5.56 Å². The van der Waals surface area contributed by atoms with Crippen molar-refractivity contribution in [1.29, 1.82) is 0 Å². The SMILES string of the molecule is CCCCCOc1c(OC)cc(/C=N/Nc2nnc(C(C)(C)C)c(=O)[nH]2)cc1[N+](=O)[O-]. The quantitative estimate of drug-likeness (QED) is 0.251. The molecule has 1 aromatic carbocycles. The van der Waals surface area contributed by atoms with Crippen LogP contribution in [0.15, 0.2) is 22.0 Å². The van der Waals surface area contributed by atoms with Crippen LogP contribution < -0.4 is 20.5 Å². The zero-order valence-corrected chi connectivity index (χ0v) is 18.4. The van der Waals surface area contributed by atoms with Gasteiger partial charge in [-0.15, -0.1) is 10.2 Å². The molecule has 0 aliphatic heterocycles. The molecule has 0 bridgehead atoms. The van der Waals surface area contributed by atoms with Crippen LogP contribution in [-0.4, -0.2) is 40.0 Å². The van der Waals surface area contributed by atoms with Gasteiger partial charge in [-0.05, 0) is 12.5 Å². The lowest BCUT2D eigenvalue weighted by Crippen LogP contribution is -2.28. The molecule has 168 valence electrons. The lowest BCUT2D eigenvalue weighted by molar-refractivity contribution is -0.386. The van der Waals surface area contributed by atoms with Crippen LogP contribution in [0.3, 0.4) is 0 Å². The third kappa shape index (κ3) is 6.49. The summed E-state index contributed by atoms with van der Waals surface area (Å²) in [6.07, 6.45) is 4.11. The van der Waals surface area contributed by atoms with Crippen molar-refractivity contribution >= 4 is 17.9 Å². The average Bonchev–Trinajstić information content (AvgIpc) is 2.70. The average molecular weight is 432 g/mol. The molecule has 0 saturated heterocycles. The molecular weight excluding hydrogens is 404 g/mol. The van der Waals surface area contributed by atoms with Gasteiger partial charge in [-0.3, -0.25) is 19.9 Å². The second-order valence-electron chi connectivity index (χ2n) is 7.86. The highest BCUT2D eigenvalue weighted by Gasteiger charge is 2.22. The molecule has 0 aliphatic rings. The second kappa shape index (κ2) is 10.5. The third-order valence-electron chi connectivity index (χ3n) is 4.26. The Kier molecular flexibility index (Phi) is 8.06. The van der Waals surface area contributed by atoms with Crippen LogP contribution in [-0.2, 0) is 5.41 Å². The number of aromatic nitrogens is 3. The molecule has 1 heterocycles. The van der Waals surface area contributed by atoms with Gasteiger partial charge in [-0.25, -0.2) is 5.43 Å². The van der Waals surface area contributed by atoms with E-state index in [2.05, 4.69) is 32.6 Å². The number of hydrogen-bond donors (Lipinski definition) is 2. The first kappa shape index (κ1) is 23.8. The summed E-state index contributed by atoms with van der Waals surface area (Å²) in [6, 6.07) is 2.91. The minimum atomic E-state index is -0.531. The van der Waals surface area contributed by atoms with Crippen LogP contribution in [0.5, 0.6) is 11.5 Å². The number of H-pyrrole nitrogens is 1. The highest BCUT2D eigenvalue weighted by molar-refractivity contribution is 5.83. The molecule has 2 aromatic rings. The van der Waals surface area contributed by atoms with Crippen LogP contribution in [0.25, 0.3) is 0 Å². The number of ether oxygens (including phenoxy) is 2. The molecule has 0 atom stereocenters. The number of hydrazone groups is 1. The number of nitro benzene ring substituents is 1. The fourth-order valence-electron chi connectivity index (χ4n) is 2.69. The molecule has 0 radical (unpaired) electrons. The Hall–Kier alpha value is -3.50. The molecule has 0 aliphatic carbocycles. The minimum Gasteiger partial charge on any atom is -0.493 e. The van der Waals surface area contributed by atoms with E-state index < -0.39 is 10.3 Å². The maximum absolute atomic E-state index is 12.1. The zero-order valence-electron chi connectivity index (χ0n) is 18.4. The first-order valence-electron chi connectivity index (χ1n) is 9.93. The number of anilines is 1. The van der Waals surface area contributed by atoms with E-state index in [4.69, 9.17) is 9.47 Å².